The number of carbonyl (C=O) groups excluding carboxylic acids is 4. The molecule has 2 aromatic rings. The first kappa shape index (κ1) is 15.3. The number of nitrogens with zero attached hydrogens (tertiary/aromatic N) is 1. The zero-order valence-corrected chi connectivity index (χ0v) is 13.2. The molecule has 2 aromatic carbocycles. The van der Waals surface area contributed by atoms with Crippen LogP contribution in [0.4, 0.5) is 5.69 Å². The van der Waals surface area contributed by atoms with Crippen LogP contribution in [0, 0.1) is 0 Å². The molecule has 126 valence electrons. The Morgan fingerprint density at radius 2 is 2.04 bits per heavy atom. The first-order valence-electron chi connectivity index (χ1n) is 8.00. The summed E-state index contributed by atoms with van der Waals surface area (Å²) in [5.41, 5.74) is 2.09. The third kappa shape index (κ3) is 2.27. The molecule has 1 atom stereocenters. The van der Waals surface area contributed by atoms with E-state index in [0.29, 0.717) is 30.6 Å². The van der Waals surface area contributed by atoms with Crippen molar-refractivity contribution in [1.82, 2.24) is 10.6 Å². The molecule has 25 heavy (non-hydrogen) atoms. The van der Waals surface area contributed by atoms with Crippen LogP contribution in [0.5, 0.6) is 0 Å². The number of anilines is 1. The van der Waals surface area contributed by atoms with Crippen molar-refractivity contribution in [3.05, 3.63) is 41.5 Å². The predicted molar refractivity (Wildman–Crippen MR) is 89.8 cm³/mol. The number of piperidine rings is 1. The summed E-state index contributed by atoms with van der Waals surface area (Å²) in [7, 11) is 0. The smallest absolute Gasteiger partial charge is 0.259 e. The molecule has 2 aliphatic heterocycles. The van der Waals surface area contributed by atoms with Crippen molar-refractivity contribution in [3.8, 4) is 0 Å². The molecule has 2 aliphatic rings. The Labute approximate surface area is 143 Å². The third-order valence-electron chi connectivity index (χ3n) is 4.72. The van der Waals surface area contributed by atoms with Crippen LogP contribution in [-0.4, -0.2) is 30.2 Å². The van der Waals surface area contributed by atoms with Crippen LogP contribution >= 0.6 is 0 Å². The average molecular weight is 337 g/mol. The first-order valence-corrected chi connectivity index (χ1v) is 8.00. The predicted octanol–water partition coefficient (Wildman–Crippen LogP) is 0.851. The molecule has 0 saturated carbocycles. The molecule has 1 fully saturated rings. The molecule has 1 saturated heterocycles. The van der Waals surface area contributed by atoms with Crippen molar-refractivity contribution in [2.75, 3.05) is 4.90 Å². The van der Waals surface area contributed by atoms with E-state index in [0.717, 1.165) is 16.3 Å². The van der Waals surface area contributed by atoms with E-state index in [2.05, 4.69) is 10.6 Å². The van der Waals surface area contributed by atoms with Gasteiger partial charge in [-0.2, -0.15) is 0 Å². The highest BCUT2D eigenvalue weighted by Gasteiger charge is 2.40. The van der Waals surface area contributed by atoms with E-state index in [1.165, 1.54) is 4.90 Å². The fourth-order valence-corrected chi connectivity index (χ4v) is 3.61. The van der Waals surface area contributed by atoms with Crippen molar-refractivity contribution in [2.24, 2.45) is 0 Å². The molecular formula is C18H15N3O4. The highest BCUT2D eigenvalue weighted by molar-refractivity contribution is 6.27. The van der Waals surface area contributed by atoms with Crippen LogP contribution in [0.15, 0.2) is 30.3 Å². The minimum Gasteiger partial charge on any atom is -0.355 e. The molecular weight excluding hydrogens is 322 g/mol. The fourth-order valence-electron chi connectivity index (χ4n) is 3.61. The zero-order valence-electron chi connectivity index (χ0n) is 13.2. The van der Waals surface area contributed by atoms with Gasteiger partial charge in [-0.05, 0) is 29.5 Å². The third-order valence-corrected chi connectivity index (χ3v) is 4.72. The molecule has 1 unspecified atom stereocenters. The van der Waals surface area contributed by atoms with Crippen molar-refractivity contribution in [2.45, 2.75) is 25.4 Å². The number of nitrogens with one attached hydrogen (secondary N) is 2. The van der Waals surface area contributed by atoms with Gasteiger partial charge in [0.15, 0.2) is 0 Å². The fraction of sp³-hybridized carbons (Fsp3) is 0.222. The minimum atomic E-state index is -0.695. The standard InChI is InChI=1S/C18H15N3O4/c22-9-19-8-10-4-5-13-16-11(10)2-1-3-12(16)18(25)21(13)14-6-7-15(23)20-17(14)24/h1-5,9,14H,6-8H2,(H,19,22)(H,20,23,24). The normalized spacial score (nSPS) is 19.3. The van der Waals surface area contributed by atoms with E-state index in [9.17, 15) is 19.2 Å². The van der Waals surface area contributed by atoms with Gasteiger partial charge in [0.25, 0.3) is 5.91 Å². The topological polar surface area (TPSA) is 95.6 Å². The number of benzene rings is 2. The second-order valence-corrected chi connectivity index (χ2v) is 6.11. The van der Waals surface area contributed by atoms with Gasteiger partial charge in [0.2, 0.25) is 18.2 Å². The second kappa shape index (κ2) is 5.70. The van der Waals surface area contributed by atoms with Gasteiger partial charge in [-0.1, -0.05) is 18.2 Å². The van der Waals surface area contributed by atoms with Gasteiger partial charge < -0.3 is 5.32 Å². The molecule has 2 N–H and O–H groups in total. The van der Waals surface area contributed by atoms with E-state index < -0.39 is 11.9 Å². The van der Waals surface area contributed by atoms with Crippen LogP contribution in [0.1, 0.15) is 28.8 Å². The van der Waals surface area contributed by atoms with Gasteiger partial charge in [-0.15, -0.1) is 0 Å². The molecule has 0 bridgehead atoms. The summed E-state index contributed by atoms with van der Waals surface area (Å²) in [5.74, 6) is -1.00. The number of hydrogen-bond acceptors (Lipinski definition) is 4. The Morgan fingerprint density at radius 3 is 2.80 bits per heavy atom. The number of carbonyl (C=O) groups is 4. The molecule has 4 rings (SSSR count). The van der Waals surface area contributed by atoms with Crippen molar-refractivity contribution in [1.29, 1.82) is 0 Å². The summed E-state index contributed by atoms with van der Waals surface area (Å²) >= 11 is 0. The molecule has 4 amide bonds. The van der Waals surface area contributed by atoms with Gasteiger partial charge in [0.1, 0.15) is 6.04 Å². The van der Waals surface area contributed by atoms with Crippen molar-refractivity contribution in [3.63, 3.8) is 0 Å². The highest BCUT2D eigenvalue weighted by Crippen LogP contribution is 2.40. The van der Waals surface area contributed by atoms with Crippen molar-refractivity contribution < 1.29 is 19.2 Å². The van der Waals surface area contributed by atoms with E-state index in [1.807, 2.05) is 12.1 Å². The van der Waals surface area contributed by atoms with Gasteiger partial charge >= 0.3 is 0 Å². The zero-order chi connectivity index (χ0) is 17.6. The lowest BCUT2D eigenvalue weighted by Crippen LogP contribution is -2.53. The molecule has 7 nitrogen and oxygen atoms in total. The number of hydrogen-bond donors (Lipinski definition) is 2. The molecule has 0 radical (unpaired) electrons. The summed E-state index contributed by atoms with van der Waals surface area (Å²) in [6.07, 6.45) is 1.14. The lowest BCUT2D eigenvalue weighted by molar-refractivity contribution is -0.134. The maximum absolute atomic E-state index is 12.9. The van der Waals surface area contributed by atoms with Crippen LogP contribution < -0.4 is 15.5 Å². The van der Waals surface area contributed by atoms with Crippen LogP contribution in [0.3, 0.4) is 0 Å². The number of rotatable bonds is 4. The van der Waals surface area contributed by atoms with E-state index in [1.54, 1.807) is 18.2 Å². The van der Waals surface area contributed by atoms with Crippen LogP contribution in [0.25, 0.3) is 10.8 Å². The quantitative estimate of drug-likeness (QED) is 0.639. The summed E-state index contributed by atoms with van der Waals surface area (Å²) in [4.78, 5) is 48.6. The molecule has 2 heterocycles. The molecule has 0 aromatic heterocycles. The Bertz CT molecular complexity index is 937. The molecule has 7 heteroatoms. The summed E-state index contributed by atoms with van der Waals surface area (Å²) in [6, 6.07) is 8.36. The average Bonchev–Trinajstić information content (AvgIpc) is 2.89. The Morgan fingerprint density at radius 1 is 1.20 bits per heavy atom. The number of imide groups is 1. The van der Waals surface area contributed by atoms with E-state index >= 15 is 0 Å². The first-order chi connectivity index (χ1) is 12.1. The summed E-state index contributed by atoms with van der Waals surface area (Å²) in [5, 5.41) is 6.59. The number of amides is 4. The molecule has 0 aliphatic carbocycles. The molecule has 0 spiro atoms. The van der Waals surface area contributed by atoms with E-state index in [4.69, 9.17) is 0 Å². The van der Waals surface area contributed by atoms with Crippen LogP contribution in [-0.2, 0) is 20.9 Å². The van der Waals surface area contributed by atoms with Gasteiger partial charge in [0.05, 0.1) is 5.69 Å². The van der Waals surface area contributed by atoms with Gasteiger partial charge in [-0.25, -0.2) is 0 Å². The SMILES string of the molecule is O=CNCc1ccc2c3c(cccc13)C(=O)N2C1CCC(=O)NC1=O. The maximum Gasteiger partial charge on any atom is 0.259 e. The Balaban J connectivity index is 1.83. The summed E-state index contributed by atoms with van der Waals surface area (Å²) < 4.78 is 0. The van der Waals surface area contributed by atoms with Crippen molar-refractivity contribution >= 4 is 40.6 Å². The van der Waals surface area contributed by atoms with Crippen LogP contribution in [0.2, 0.25) is 0 Å². The largest absolute Gasteiger partial charge is 0.355 e. The monoisotopic (exact) mass is 337 g/mol. The highest BCUT2D eigenvalue weighted by atomic mass is 16.2. The second-order valence-electron chi connectivity index (χ2n) is 6.11. The maximum atomic E-state index is 12.9. The van der Waals surface area contributed by atoms with Gasteiger partial charge in [-0.3, -0.25) is 29.4 Å². The van der Waals surface area contributed by atoms with Gasteiger partial charge in [0, 0.05) is 23.9 Å². The Kier molecular flexibility index (Phi) is 3.49. The van der Waals surface area contributed by atoms with E-state index in [-0.39, 0.29) is 18.2 Å². The Hall–Kier alpha value is -3.22. The minimum absolute atomic E-state index is 0.209. The lowest BCUT2D eigenvalue weighted by atomic mass is 10.00. The summed E-state index contributed by atoms with van der Waals surface area (Å²) in [6.45, 7) is 0.357. The lowest BCUT2D eigenvalue weighted by Gasteiger charge is -2.30.